The maximum absolute atomic E-state index is 11.1. The van der Waals surface area contributed by atoms with Crippen LogP contribution in [0, 0.1) is 0 Å². The normalized spacial score (nSPS) is 10.2. The zero-order chi connectivity index (χ0) is 11.3. The molecular weight excluding hydrogens is 214 g/mol. The molecular formula is C10H9NO3S. The number of rotatable bonds is 3. The van der Waals surface area contributed by atoms with Crippen LogP contribution >= 0.6 is 12.6 Å². The smallest absolute Gasteiger partial charge is 0.328 e. The van der Waals surface area contributed by atoms with Gasteiger partial charge in [-0.2, -0.15) is 0 Å². The van der Waals surface area contributed by atoms with E-state index in [1.165, 1.54) is 0 Å². The van der Waals surface area contributed by atoms with Crippen LogP contribution in [0.3, 0.4) is 0 Å². The van der Waals surface area contributed by atoms with E-state index in [1.54, 1.807) is 24.3 Å². The van der Waals surface area contributed by atoms with E-state index < -0.39 is 11.9 Å². The first-order chi connectivity index (χ1) is 7.08. The molecule has 0 aliphatic carbocycles. The Labute approximate surface area is 92.0 Å². The summed E-state index contributed by atoms with van der Waals surface area (Å²) < 4.78 is 0. The number of nitrogens with one attached hydrogen (secondary N) is 1. The van der Waals surface area contributed by atoms with Gasteiger partial charge >= 0.3 is 5.97 Å². The van der Waals surface area contributed by atoms with Crippen LogP contribution in [0.25, 0.3) is 0 Å². The van der Waals surface area contributed by atoms with Gasteiger partial charge in [0.15, 0.2) is 0 Å². The van der Waals surface area contributed by atoms with Crippen LogP contribution in [-0.4, -0.2) is 17.0 Å². The van der Waals surface area contributed by atoms with Crippen molar-refractivity contribution in [3.63, 3.8) is 0 Å². The molecule has 0 fully saturated rings. The standard InChI is InChI=1S/C10H9NO3S/c12-9(5-6-10(13)14)11-7-1-3-8(15)4-2-7/h1-6,15H,(H,11,12)(H,13,14). The summed E-state index contributed by atoms with van der Waals surface area (Å²) in [7, 11) is 0. The van der Waals surface area contributed by atoms with E-state index in [2.05, 4.69) is 17.9 Å². The summed E-state index contributed by atoms with van der Waals surface area (Å²) in [5.74, 6) is -1.64. The molecule has 1 amide bonds. The minimum Gasteiger partial charge on any atom is -0.478 e. The molecule has 2 N–H and O–H groups in total. The van der Waals surface area contributed by atoms with Crippen molar-refractivity contribution in [2.24, 2.45) is 0 Å². The molecule has 0 aromatic heterocycles. The summed E-state index contributed by atoms with van der Waals surface area (Å²) >= 11 is 4.09. The highest BCUT2D eigenvalue weighted by Gasteiger charge is 1.97. The van der Waals surface area contributed by atoms with E-state index in [0.717, 1.165) is 17.0 Å². The van der Waals surface area contributed by atoms with Gasteiger partial charge in [-0.05, 0) is 24.3 Å². The molecule has 0 spiro atoms. The second kappa shape index (κ2) is 5.21. The number of aliphatic carboxylic acids is 1. The number of carboxylic acid groups (broad SMARTS) is 1. The predicted octanol–water partition coefficient (Wildman–Crippen LogP) is 1.55. The molecule has 0 saturated carbocycles. The monoisotopic (exact) mass is 223 g/mol. The highest BCUT2D eigenvalue weighted by Crippen LogP contribution is 2.11. The average molecular weight is 223 g/mol. The fourth-order valence-corrected chi connectivity index (χ4v) is 1.02. The van der Waals surface area contributed by atoms with Gasteiger partial charge in [0.2, 0.25) is 5.91 Å². The van der Waals surface area contributed by atoms with Crippen LogP contribution in [0.15, 0.2) is 41.3 Å². The fraction of sp³-hybridized carbons (Fsp3) is 0. The van der Waals surface area contributed by atoms with Crippen LogP contribution in [0.4, 0.5) is 5.69 Å². The first kappa shape index (κ1) is 11.3. The van der Waals surface area contributed by atoms with Gasteiger partial charge < -0.3 is 10.4 Å². The molecule has 0 aliphatic heterocycles. The summed E-state index contributed by atoms with van der Waals surface area (Å²) in [6.07, 6.45) is 1.74. The van der Waals surface area contributed by atoms with Gasteiger partial charge in [-0.15, -0.1) is 12.6 Å². The number of carbonyl (C=O) groups is 2. The van der Waals surface area contributed by atoms with E-state index in [-0.39, 0.29) is 0 Å². The summed E-state index contributed by atoms with van der Waals surface area (Å²) in [5, 5.41) is 10.8. The lowest BCUT2D eigenvalue weighted by Crippen LogP contribution is -2.08. The number of carboxylic acids is 1. The SMILES string of the molecule is O=C(O)C=CC(=O)Nc1ccc(S)cc1. The molecule has 1 aromatic carbocycles. The molecule has 1 aromatic rings. The molecule has 15 heavy (non-hydrogen) atoms. The maximum Gasteiger partial charge on any atom is 0.328 e. The van der Waals surface area contributed by atoms with Crippen molar-refractivity contribution in [1.82, 2.24) is 0 Å². The summed E-state index contributed by atoms with van der Waals surface area (Å²) in [4.78, 5) is 22.0. The fourth-order valence-electron chi connectivity index (χ4n) is 0.876. The van der Waals surface area contributed by atoms with E-state index in [9.17, 15) is 9.59 Å². The number of amides is 1. The molecule has 78 valence electrons. The van der Waals surface area contributed by atoms with Crippen molar-refractivity contribution in [2.75, 3.05) is 5.32 Å². The third kappa shape index (κ3) is 4.33. The number of benzene rings is 1. The molecule has 1 rings (SSSR count). The van der Waals surface area contributed by atoms with Gasteiger partial charge in [-0.3, -0.25) is 4.79 Å². The minimum atomic E-state index is -1.16. The zero-order valence-corrected chi connectivity index (χ0v) is 8.57. The van der Waals surface area contributed by atoms with Crippen molar-refractivity contribution in [3.8, 4) is 0 Å². The third-order valence-corrected chi connectivity index (χ3v) is 1.81. The van der Waals surface area contributed by atoms with Gasteiger partial charge in [-0.25, -0.2) is 4.79 Å². The number of hydrogen-bond acceptors (Lipinski definition) is 3. The highest BCUT2D eigenvalue weighted by molar-refractivity contribution is 7.80. The lowest BCUT2D eigenvalue weighted by molar-refractivity contribution is -0.131. The van der Waals surface area contributed by atoms with E-state index in [0.29, 0.717) is 5.69 Å². The van der Waals surface area contributed by atoms with Crippen LogP contribution < -0.4 is 5.32 Å². The molecule has 0 heterocycles. The number of hydrogen-bond donors (Lipinski definition) is 3. The topological polar surface area (TPSA) is 66.4 Å². The van der Waals surface area contributed by atoms with E-state index in [1.807, 2.05) is 0 Å². The Hall–Kier alpha value is -1.75. The molecule has 0 unspecified atom stereocenters. The van der Waals surface area contributed by atoms with Crippen LogP contribution in [0.5, 0.6) is 0 Å². The van der Waals surface area contributed by atoms with Gasteiger partial charge in [0.1, 0.15) is 0 Å². The number of thiol groups is 1. The first-order valence-corrected chi connectivity index (χ1v) is 4.53. The Morgan fingerprint density at radius 2 is 1.80 bits per heavy atom. The second-order valence-electron chi connectivity index (χ2n) is 2.71. The Morgan fingerprint density at radius 3 is 2.33 bits per heavy atom. The van der Waals surface area contributed by atoms with Crippen LogP contribution in [0.2, 0.25) is 0 Å². The van der Waals surface area contributed by atoms with Crippen LogP contribution in [-0.2, 0) is 9.59 Å². The van der Waals surface area contributed by atoms with Crippen molar-refractivity contribution in [1.29, 1.82) is 0 Å². The van der Waals surface area contributed by atoms with Crippen molar-refractivity contribution in [3.05, 3.63) is 36.4 Å². The Bertz CT molecular complexity index is 398. The molecule has 0 saturated heterocycles. The van der Waals surface area contributed by atoms with Gasteiger partial charge in [0, 0.05) is 22.7 Å². The molecule has 0 aliphatic rings. The quantitative estimate of drug-likeness (QED) is 0.538. The molecule has 5 heteroatoms. The van der Waals surface area contributed by atoms with Crippen molar-refractivity contribution < 1.29 is 14.7 Å². The number of anilines is 1. The minimum absolute atomic E-state index is 0.482. The lowest BCUT2D eigenvalue weighted by atomic mass is 10.3. The van der Waals surface area contributed by atoms with Gasteiger partial charge in [-0.1, -0.05) is 0 Å². The summed E-state index contributed by atoms with van der Waals surface area (Å²) in [6.45, 7) is 0. The largest absolute Gasteiger partial charge is 0.478 e. The maximum atomic E-state index is 11.1. The summed E-state index contributed by atoms with van der Waals surface area (Å²) in [5.41, 5.74) is 0.591. The predicted molar refractivity (Wildman–Crippen MR) is 59.1 cm³/mol. The second-order valence-corrected chi connectivity index (χ2v) is 3.22. The lowest BCUT2D eigenvalue weighted by Gasteiger charge is -2.01. The molecule has 0 radical (unpaired) electrons. The van der Waals surface area contributed by atoms with Crippen LogP contribution in [0.1, 0.15) is 0 Å². The Kier molecular flexibility index (Phi) is 3.93. The van der Waals surface area contributed by atoms with Gasteiger partial charge in [0.05, 0.1) is 0 Å². The average Bonchev–Trinajstić information content (AvgIpc) is 2.19. The molecule has 0 bridgehead atoms. The third-order valence-electron chi connectivity index (χ3n) is 1.51. The van der Waals surface area contributed by atoms with E-state index in [4.69, 9.17) is 5.11 Å². The Balaban J connectivity index is 2.59. The summed E-state index contributed by atoms with van der Waals surface area (Å²) in [6, 6.07) is 6.79. The highest BCUT2D eigenvalue weighted by atomic mass is 32.1. The molecule has 0 atom stereocenters. The zero-order valence-electron chi connectivity index (χ0n) is 7.68. The van der Waals surface area contributed by atoms with E-state index >= 15 is 0 Å². The van der Waals surface area contributed by atoms with Crippen molar-refractivity contribution in [2.45, 2.75) is 4.90 Å². The number of carbonyl (C=O) groups excluding carboxylic acids is 1. The van der Waals surface area contributed by atoms with Gasteiger partial charge in [0.25, 0.3) is 0 Å². The van der Waals surface area contributed by atoms with Crippen molar-refractivity contribution >= 4 is 30.2 Å². The Morgan fingerprint density at radius 1 is 1.20 bits per heavy atom. The first-order valence-electron chi connectivity index (χ1n) is 4.09. The molecule has 4 nitrogen and oxygen atoms in total.